The van der Waals surface area contributed by atoms with Gasteiger partial charge in [0, 0.05) is 6.42 Å². The molecule has 0 aromatic heterocycles. The van der Waals surface area contributed by atoms with Crippen LogP contribution < -0.4 is 5.32 Å². The summed E-state index contributed by atoms with van der Waals surface area (Å²) in [7, 11) is 1.39. The van der Waals surface area contributed by atoms with Gasteiger partial charge in [0.15, 0.2) is 0 Å². The van der Waals surface area contributed by atoms with Gasteiger partial charge in [-0.15, -0.1) is 0 Å². The molecular formula is C18H31NO4. The molecule has 0 aromatic carbocycles. The maximum absolute atomic E-state index is 12.3. The fourth-order valence-corrected chi connectivity index (χ4v) is 3.99. The highest BCUT2D eigenvalue weighted by Crippen LogP contribution is 2.35. The molecule has 1 aliphatic carbocycles. The molecule has 5 nitrogen and oxygen atoms in total. The summed E-state index contributed by atoms with van der Waals surface area (Å²) in [6.07, 6.45) is 4.43. The fourth-order valence-electron chi connectivity index (χ4n) is 3.99. The van der Waals surface area contributed by atoms with Crippen LogP contribution in [0, 0.1) is 23.7 Å². The molecule has 2 fully saturated rings. The maximum Gasteiger partial charge on any atom is 0.322 e. The van der Waals surface area contributed by atoms with Crippen LogP contribution in [-0.4, -0.2) is 37.7 Å². The SMILES string of the molecule is COC(=O)[C@@H]1C[C@@H](CC(=O)O[C@H]2C[C@@H](C)CC[C@@H]2C(C)C)CN1. The van der Waals surface area contributed by atoms with E-state index < -0.39 is 0 Å². The number of esters is 2. The topological polar surface area (TPSA) is 64.6 Å². The highest BCUT2D eigenvalue weighted by molar-refractivity contribution is 5.76. The molecular weight excluding hydrogens is 294 g/mol. The lowest BCUT2D eigenvalue weighted by Crippen LogP contribution is -2.36. The van der Waals surface area contributed by atoms with Crippen molar-refractivity contribution in [3.05, 3.63) is 0 Å². The van der Waals surface area contributed by atoms with E-state index in [2.05, 4.69) is 26.1 Å². The molecule has 1 N–H and O–H groups in total. The molecule has 0 bridgehead atoms. The predicted molar refractivity (Wildman–Crippen MR) is 87.8 cm³/mol. The van der Waals surface area contributed by atoms with Crippen LogP contribution in [0.15, 0.2) is 0 Å². The first-order chi connectivity index (χ1) is 10.9. The Bertz CT molecular complexity index is 423. The first-order valence-electron chi connectivity index (χ1n) is 8.91. The lowest BCUT2D eigenvalue weighted by Gasteiger charge is -2.36. The van der Waals surface area contributed by atoms with Crippen LogP contribution in [0.1, 0.15) is 52.9 Å². The number of carbonyl (C=O) groups excluding carboxylic acids is 2. The van der Waals surface area contributed by atoms with E-state index in [0.717, 1.165) is 12.8 Å². The smallest absolute Gasteiger partial charge is 0.322 e. The Balaban J connectivity index is 1.83. The summed E-state index contributed by atoms with van der Waals surface area (Å²) >= 11 is 0. The van der Waals surface area contributed by atoms with E-state index in [-0.39, 0.29) is 30.0 Å². The predicted octanol–water partition coefficient (Wildman–Crippen LogP) is 2.53. The summed E-state index contributed by atoms with van der Waals surface area (Å²) in [5.41, 5.74) is 0. The molecule has 1 saturated heterocycles. The second-order valence-electron chi connectivity index (χ2n) is 7.64. The second kappa shape index (κ2) is 8.13. The maximum atomic E-state index is 12.3. The Morgan fingerprint density at radius 2 is 1.96 bits per heavy atom. The molecule has 23 heavy (non-hydrogen) atoms. The van der Waals surface area contributed by atoms with Crippen LogP contribution in [0.5, 0.6) is 0 Å². The molecule has 0 radical (unpaired) electrons. The second-order valence-corrected chi connectivity index (χ2v) is 7.64. The Morgan fingerprint density at radius 3 is 2.61 bits per heavy atom. The molecule has 1 heterocycles. The molecule has 0 aromatic rings. The Hall–Kier alpha value is -1.10. The van der Waals surface area contributed by atoms with Crippen LogP contribution >= 0.6 is 0 Å². The lowest BCUT2D eigenvalue weighted by molar-refractivity contribution is -0.157. The lowest BCUT2D eigenvalue weighted by atomic mass is 9.75. The van der Waals surface area contributed by atoms with Crippen molar-refractivity contribution < 1.29 is 19.1 Å². The number of ether oxygens (including phenoxy) is 2. The molecule has 1 saturated carbocycles. The third kappa shape index (κ3) is 4.93. The summed E-state index contributed by atoms with van der Waals surface area (Å²) in [4.78, 5) is 23.8. The van der Waals surface area contributed by atoms with Crippen molar-refractivity contribution in [2.24, 2.45) is 23.7 Å². The van der Waals surface area contributed by atoms with Crippen LogP contribution in [0.25, 0.3) is 0 Å². The zero-order valence-corrected chi connectivity index (χ0v) is 14.8. The van der Waals surface area contributed by atoms with E-state index in [9.17, 15) is 9.59 Å². The fraction of sp³-hybridized carbons (Fsp3) is 0.889. The summed E-state index contributed by atoms with van der Waals surface area (Å²) in [5.74, 6) is 1.43. The number of carbonyl (C=O) groups is 2. The molecule has 132 valence electrons. The highest BCUT2D eigenvalue weighted by Gasteiger charge is 2.35. The average molecular weight is 325 g/mol. The third-order valence-electron chi connectivity index (χ3n) is 5.41. The molecule has 0 unspecified atom stereocenters. The summed E-state index contributed by atoms with van der Waals surface area (Å²) in [6, 6.07) is -0.282. The minimum absolute atomic E-state index is 0.0528. The van der Waals surface area contributed by atoms with Gasteiger partial charge >= 0.3 is 11.9 Å². The highest BCUT2D eigenvalue weighted by atomic mass is 16.5. The largest absolute Gasteiger partial charge is 0.468 e. The number of hydrogen-bond acceptors (Lipinski definition) is 5. The average Bonchev–Trinajstić information content (AvgIpc) is 2.94. The van der Waals surface area contributed by atoms with Gasteiger partial charge in [-0.2, -0.15) is 0 Å². The number of methoxy groups -OCH3 is 1. The molecule has 2 rings (SSSR count). The third-order valence-corrected chi connectivity index (χ3v) is 5.41. The van der Waals surface area contributed by atoms with Crippen molar-refractivity contribution in [1.29, 1.82) is 0 Å². The minimum Gasteiger partial charge on any atom is -0.468 e. The van der Waals surface area contributed by atoms with Crippen molar-refractivity contribution in [2.45, 2.75) is 65.0 Å². The van der Waals surface area contributed by atoms with Gasteiger partial charge in [-0.05, 0) is 49.5 Å². The first kappa shape index (κ1) is 18.2. The van der Waals surface area contributed by atoms with E-state index in [1.807, 2.05) is 0 Å². The summed E-state index contributed by atoms with van der Waals surface area (Å²) < 4.78 is 10.6. The van der Waals surface area contributed by atoms with Gasteiger partial charge in [0.05, 0.1) is 7.11 Å². The van der Waals surface area contributed by atoms with Crippen molar-refractivity contribution in [3.8, 4) is 0 Å². The Morgan fingerprint density at radius 1 is 1.22 bits per heavy atom. The van der Waals surface area contributed by atoms with E-state index in [1.165, 1.54) is 13.5 Å². The van der Waals surface area contributed by atoms with Gasteiger partial charge in [-0.3, -0.25) is 9.59 Å². The van der Waals surface area contributed by atoms with Crippen molar-refractivity contribution in [3.63, 3.8) is 0 Å². The molecule has 0 amide bonds. The van der Waals surface area contributed by atoms with Gasteiger partial charge in [0.25, 0.3) is 0 Å². The Labute approximate surface area is 139 Å². The molecule has 1 aliphatic heterocycles. The zero-order chi connectivity index (χ0) is 17.0. The quantitative estimate of drug-likeness (QED) is 0.787. The minimum atomic E-state index is -0.282. The molecule has 0 spiro atoms. The monoisotopic (exact) mass is 325 g/mol. The van der Waals surface area contributed by atoms with Gasteiger partial charge < -0.3 is 14.8 Å². The van der Waals surface area contributed by atoms with E-state index in [0.29, 0.717) is 37.1 Å². The van der Waals surface area contributed by atoms with E-state index >= 15 is 0 Å². The van der Waals surface area contributed by atoms with Gasteiger partial charge in [-0.1, -0.05) is 27.2 Å². The van der Waals surface area contributed by atoms with Crippen LogP contribution in [0.2, 0.25) is 0 Å². The summed E-state index contributed by atoms with van der Waals surface area (Å²) in [5, 5.41) is 3.12. The van der Waals surface area contributed by atoms with E-state index in [1.54, 1.807) is 0 Å². The number of nitrogens with one attached hydrogen (secondary N) is 1. The standard InChI is InChI=1S/C18H31NO4/c1-11(2)14-6-5-12(3)7-16(14)23-17(20)9-13-8-15(19-10-13)18(21)22-4/h11-16,19H,5-10H2,1-4H3/t12-,13-,14+,15-,16-/m0/s1. The van der Waals surface area contributed by atoms with Crippen LogP contribution in [0.4, 0.5) is 0 Å². The normalized spacial score (nSPS) is 34.4. The van der Waals surface area contributed by atoms with E-state index in [4.69, 9.17) is 9.47 Å². The zero-order valence-electron chi connectivity index (χ0n) is 14.8. The van der Waals surface area contributed by atoms with Crippen LogP contribution in [0.3, 0.4) is 0 Å². The molecule has 5 atom stereocenters. The summed E-state index contributed by atoms with van der Waals surface area (Å²) in [6.45, 7) is 7.33. The number of hydrogen-bond donors (Lipinski definition) is 1. The van der Waals surface area contributed by atoms with Gasteiger partial charge in [-0.25, -0.2) is 0 Å². The van der Waals surface area contributed by atoms with Crippen molar-refractivity contribution in [2.75, 3.05) is 13.7 Å². The Kier molecular flexibility index (Phi) is 6.45. The molecule has 5 heteroatoms. The first-order valence-corrected chi connectivity index (χ1v) is 8.91. The van der Waals surface area contributed by atoms with Gasteiger partial charge in [0.1, 0.15) is 12.1 Å². The number of rotatable bonds is 5. The molecule has 2 aliphatic rings. The van der Waals surface area contributed by atoms with Gasteiger partial charge in [0.2, 0.25) is 0 Å². The van der Waals surface area contributed by atoms with Crippen molar-refractivity contribution >= 4 is 11.9 Å². The van der Waals surface area contributed by atoms with Crippen molar-refractivity contribution in [1.82, 2.24) is 5.32 Å². The van der Waals surface area contributed by atoms with Crippen LogP contribution in [-0.2, 0) is 19.1 Å².